The summed E-state index contributed by atoms with van der Waals surface area (Å²) in [6.45, 7) is 0.498. The Morgan fingerprint density at radius 3 is 2.65 bits per heavy atom. The van der Waals surface area contributed by atoms with E-state index in [9.17, 15) is 9.59 Å². The largest absolute Gasteiger partial charge is 0.482 e. The molecule has 1 aromatic carbocycles. The number of rotatable bonds is 5. The number of hydrogen-bond donors (Lipinski definition) is 3. The highest BCUT2D eigenvalue weighted by Crippen LogP contribution is 2.16. The molecule has 1 amide bonds. The Morgan fingerprint density at radius 2 is 2.05 bits per heavy atom. The fourth-order valence-electron chi connectivity index (χ4n) is 2.08. The van der Waals surface area contributed by atoms with E-state index < -0.39 is 5.97 Å². The second-order valence-electron chi connectivity index (χ2n) is 4.70. The predicted molar refractivity (Wildman–Crippen MR) is 73.8 cm³/mol. The number of benzene rings is 1. The van der Waals surface area contributed by atoms with E-state index in [0.29, 0.717) is 11.4 Å². The number of ether oxygens (including phenoxy) is 1. The van der Waals surface area contributed by atoms with Crippen molar-refractivity contribution in [3.63, 3.8) is 0 Å². The fraction of sp³-hybridized carbons (Fsp3) is 0.429. The van der Waals surface area contributed by atoms with Crippen LogP contribution in [-0.4, -0.2) is 36.2 Å². The molecular weight excluding hydrogens is 260 g/mol. The summed E-state index contributed by atoms with van der Waals surface area (Å²) < 4.78 is 5.02. The van der Waals surface area contributed by atoms with Gasteiger partial charge in [-0.2, -0.15) is 0 Å². The SMILES string of the molecule is O=C(O)COc1ccc(NC(=O)[C@H]2CCCCN2)cc1. The maximum atomic E-state index is 12.0. The van der Waals surface area contributed by atoms with Gasteiger partial charge in [-0.25, -0.2) is 4.79 Å². The summed E-state index contributed by atoms with van der Waals surface area (Å²) >= 11 is 0. The van der Waals surface area contributed by atoms with Crippen molar-refractivity contribution < 1.29 is 19.4 Å². The second-order valence-corrected chi connectivity index (χ2v) is 4.70. The summed E-state index contributed by atoms with van der Waals surface area (Å²) in [6, 6.07) is 6.52. The zero-order valence-electron chi connectivity index (χ0n) is 11.1. The molecule has 0 radical (unpaired) electrons. The zero-order valence-corrected chi connectivity index (χ0v) is 11.1. The van der Waals surface area contributed by atoms with Crippen LogP contribution >= 0.6 is 0 Å². The standard InChI is InChI=1S/C14H18N2O4/c17-13(18)9-20-11-6-4-10(5-7-11)16-14(19)12-3-1-2-8-15-12/h4-7,12,15H,1-3,8-9H2,(H,16,19)(H,17,18)/t12-/m1/s1. The molecule has 0 aromatic heterocycles. The number of nitrogens with one attached hydrogen (secondary N) is 2. The first-order chi connectivity index (χ1) is 9.65. The molecular formula is C14H18N2O4. The van der Waals surface area contributed by atoms with Gasteiger partial charge in [-0.3, -0.25) is 4.79 Å². The molecule has 0 bridgehead atoms. The number of hydrogen-bond acceptors (Lipinski definition) is 4. The summed E-state index contributed by atoms with van der Waals surface area (Å²) in [6.07, 6.45) is 3.03. The van der Waals surface area contributed by atoms with E-state index in [1.165, 1.54) is 0 Å². The van der Waals surface area contributed by atoms with Crippen LogP contribution in [-0.2, 0) is 9.59 Å². The molecule has 0 aliphatic carbocycles. The van der Waals surface area contributed by atoms with Crippen molar-refractivity contribution in [2.75, 3.05) is 18.5 Å². The van der Waals surface area contributed by atoms with Gasteiger partial charge in [0.25, 0.3) is 0 Å². The van der Waals surface area contributed by atoms with Crippen LogP contribution in [0, 0.1) is 0 Å². The summed E-state index contributed by atoms with van der Waals surface area (Å²) in [7, 11) is 0. The summed E-state index contributed by atoms with van der Waals surface area (Å²) in [4.78, 5) is 22.4. The molecule has 2 rings (SSSR count). The Balaban J connectivity index is 1.86. The molecule has 1 aliphatic heterocycles. The van der Waals surface area contributed by atoms with E-state index in [4.69, 9.17) is 9.84 Å². The summed E-state index contributed by atoms with van der Waals surface area (Å²) in [5, 5.41) is 14.5. The minimum absolute atomic E-state index is 0.0381. The lowest BCUT2D eigenvalue weighted by Gasteiger charge is -2.22. The number of amides is 1. The van der Waals surface area contributed by atoms with Gasteiger partial charge >= 0.3 is 5.97 Å². The van der Waals surface area contributed by atoms with Crippen LogP contribution in [0.3, 0.4) is 0 Å². The van der Waals surface area contributed by atoms with Gasteiger partial charge in [0, 0.05) is 5.69 Å². The van der Waals surface area contributed by atoms with Gasteiger partial charge in [0.1, 0.15) is 5.75 Å². The Morgan fingerprint density at radius 1 is 1.30 bits per heavy atom. The molecule has 6 nitrogen and oxygen atoms in total. The molecule has 6 heteroatoms. The lowest BCUT2D eigenvalue weighted by atomic mass is 10.0. The Kier molecular flexibility index (Phi) is 4.95. The lowest BCUT2D eigenvalue weighted by molar-refractivity contribution is -0.139. The van der Waals surface area contributed by atoms with Crippen molar-refractivity contribution in [1.29, 1.82) is 0 Å². The van der Waals surface area contributed by atoms with Gasteiger partial charge in [0.05, 0.1) is 6.04 Å². The molecule has 1 heterocycles. The minimum Gasteiger partial charge on any atom is -0.482 e. The van der Waals surface area contributed by atoms with Crippen LogP contribution < -0.4 is 15.4 Å². The molecule has 3 N–H and O–H groups in total. The van der Waals surface area contributed by atoms with Crippen LogP contribution in [0.2, 0.25) is 0 Å². The third-order valence-corrected chi connectivity index (χ3v) is 3.11. The van der Waals surface area contributed by atoms with Crippen molar-refractivity contribution in [1.82, 2.24) is 5.32 Å². The third kappa shape index (κ3) is 4.24. The molecule has 0 unspecified atom stereocenters. The van der Waals surface area contributed by atoms with Crippen LogP contribution in [0.5, 0.6) is 5.75 Å². The van der Waals surface area contributed by atoms with E-state index in [0.717, 1.165) is 25.8 Å². The van der Waals surface area contributed by atoms with Gasteiger partial charge in [0.15, 0.2) is 6.61 Å². The van der Waals surface area contributed by atoms with Gasteiger partial charge in [-0.15, -0.1) is 0 Å². The number of carbonyl (C=O) groups excluding carboxylic acids is 1. The topological polar surface area (TPSA) is 87.7 Å². The average molecular weight is 278 g/mol. The quantitative estimate of drug-likeness (QED) is 0.754. The Bertz CT molecular complexity index is 467. The van der Waals surface area contributed by atoms with Gasteiger partial charge in [0.2, 0.25) is 5.91 Å². The fourth-order valence-corrected chi connectivity index (χ4v) is 2.08. The highest BCUT2D eigenvalue weighted by molar-refractivity contribution is 5.94. The molecule has 1 saturated heterocycles. The second kappa shape index (κ2) is 6.91. The molecule has 1 fully saturated rings. The van der Waals surface area contributed by atoms with Gasteiger partial charge in [-0.1, -0.05) is 6.42 Å². The first-order valence-corrected chi connectivity index (χ1v) is 6.64. The van der Waals surface area contributed by atoms with E-state index in [-0.39, 0.29) is 18.6 Å². The number of piperidine rings is 1. The van der Waals surface area contributed by atoms with Crippen LogP contribution in [0.25, 0.3) is 0 Å². The number of carbonyl (C=O) groups is 2. The van der Waals surface area contributed by atoms with E-state index in [2.05, 4.69) is 10.6 Å². The number of anilines is 1. The Labute approximate surface area is 117 Å². The first kappa shape index (κ1) is 14.3. The van der Waals surface area contributed by atoms with Gasteiger partial charge in [-0.05, 0) is 43.7 Å². The van der Waals surface area contributed by atoms with Crippen molar-refractivity contribution in [2.45, 2.75) is 25.3 Å². The molecule has 1 aliphatic rings. The van der Waals surface area contributed by atoms with Crippen LogP contribution in [0.15, 0.2) is 24.3 Å². The molecule has 0 saturated carbocycles. The molecule has 108 valence electrons. The summed E-state index contributed by atoms with van der Waals surface area (Å²) in [5.74, 6) is -0.601. The zero-order chi connectivity index (χ0) is 14.4. The normalized spacial score (nSPS) is 18.3. The Hall–Kier alpha value is -2.08. The number of carboxylic acid groups (broad SMARTS) is 1. The first-order valence-electron chi connectivity index (χ1n) is 6.64. The van der Waals surface area contributed by atoms with Crippen molar-refractivity contribution in [3.8, 4) is 5.75 Å². The maximum absolute atomic E-state index is 12.0. The summed E-state index contributed by atoms with van der Waals surface area (Å²) in [5.41, 5.74) is 0.671. The van der Waals surface area contributed by atoms with Crippen molar-refractivity contribution >= 4 is 17.6 Å². The van der Waals surface area contributed by atoms with Crippen LogP contribution in [0.4, 0.5) is 5.69 Å². The number of carboxylic acids is 1. The van der Waals surface area contributed by atoms with Crippen LogP contribution in [0.1, 0.15) is 19.3 Å². The minimum atomic E-state index is -1.02. The monoisotopic (exact) mass is 278 g/mol. The number of aliphatic carboxylic acids is 1. The molecule has 0 spiro atoms. The predicted octanol–water partition coefficient (Wildman–Crippen LogP) is 1.23. The smallest absolute Gasteiger partial charge is 0.341 e. The van der Waals surface area contributed by atoms with Gasteiger partial charge < -0.3 is 20.5 Å². The van der Waals surface area contributed by atoms with E-state index in [1.807, 2.05) is 0 Å². The lowest BCUT2D eigenvalue weighted by Crippen LogP contribution is -2.43. The molecule has 1 aromatic rings. The average Bonchev–Trinajstić information content (AvgIpc) is 2.47. The highest BCUT2D eigenvalue weighted by Gasteiger charge is 2.20. The highest BCUT2D eigenvalue weighted by atomic mass is 16.5. The van der Waals surface area contributed by atoms with Crippen molar-refractivity contribution in [2.24, 2.45) is 0 Å². The third-order valence-electron chi connectivity index (χ3n) is 3.11. The molecule has 20 heavy (non-hydrogen) atoms. The molecule has 1 atom stereocenters. The van der Waals surface area contributed by atoms with E-state index >= 15 is 0 Å². The maximum Gasteiger partial charge on any atom is 0.341 e. The van der Waals surface area contributed by atoms with Crippen molar-refractivity contribution in [3.05, 3.63) is 24.3 Å². The van der Waals surface area contributed by atoms with E-state index in [1.54, 1.807) is 24.3 Å².